The summed E-state index contributed by atoms with van der Waals surface area (Å²) in [7, 11) is 0. The van der Waals surface area contributed by atoms with Crippen LogP contribution in [0.3, 0.4) is 0 Å². The van der Waals surface area contributed by atoms with Crippen LogP contribution in [0.1, 0.15) is 34.6 Å². The number of terminal acetylenes is 1. The van der Waals surface area contributed by atoms with E-state index in [4.69, 9.17) is 0 Å². The highest BCUT2D eigenvalue weighted by molar-refractivity contribution is 5.13. The minimum atomic E-state index is 1.32. The van der Waals surface area contributed by atoms with Crippen LogP contribution in [0.2, 0.25) is 0 Å². The van der Waals surface area contributed by atoms with Crippen LogP contribution in [0.4, 0.5) is 0 Å². The molecule has 0 spiro atoms. The van der Waals surface area contributed by atoms with E-state index >= 15 is 0 Å². The highest BCUT2D eigenvalue weighted by atomic mass is 13.8. The maximum atomic E-state index is 4.00. The van der Waals surface area contributed by atoms with Crippen LogP contribution in [-0.4, -0.2) is 0 Å². The van der Waals surface area contributed by atoms with Gasteiger partial charge in [-0.15, -0.1) is 12.8 Å². The van der Waals surface area contributed by atoms with E-state index in [-0.39, 0.29) is 0 Å². The van der Waals surface area contributed by atoms with Gasteiger partial charge < -0.3 is 0 Å². The van der Waals surface area contributed by atoms with Gasteiger partial charge in [0, 0.05) is 0 Å². The Morgan fingerprint density at radius 1 is 1.09 bits per heavy atom. The zero-order chi connectivity index (χ0) is 9.70. The first-order valence-corrected chi connectivity index (χ1v) is 3.90. The molecule has 0 saturated heterocycles. The molecule has 0 rings (SSSR count). The minimum absolute atomic E-state index is 1.32. The molecule has 0 heterocycles. The number of hydrogen-bond donors (Lipinski definition) is 0. The summed E-state index contributed by atoms with van der Waals surface area (Å²) < 4.78 is 0. The van der Waals surface area contributed by atoms with E-state index in [2.05, 4.69) is 31.9 Å². The van der Waals surface area contributed by atoms with Crippen molar-refractivity contribution in [3.63, 3.8) is 0 Å². The van der Waals surface area contributed by atoms with Crippen molar-refractivity contribution < 1.29 is 0 Å². The van der Waals surface area contributed by atoms with Crippen molar-refractivity contribution in [3.8, 4) is 12.8 Å². The van der Waals surface area contributed by atoms with Gasteiger partial charge in [0.05, 0.1) is 0 Å². The summed E-state index contributed by atoms with van der Waals surface area (Å²) in [5.74, 6) is 0. The molecule has 0 radical (unpaired) electrons. The third kappa shape index (κ3) is 27.5. The van der Waals surface area contributed by atoms with Crippen LogP contribution >= 0.6 is 0 Å². The molecular formula is C11H20. The summed E-state index contributed by atoms with van der Waals surface area (Å²) in [6.45, 7) is 10.1. The molecule has 0 atom stereocenters. The molecule has 0 aromatic carbocycles. The first kappa shape index (κ1) is 16.6. The molecule has 0 aromatic heterocycles. The highest BCUT2D eigenvalue weighted by Crippen LogP contribution is 1.91. The third-order valence-electron chi connectivity index (χ3n) is 0.885. The van der Waals surface area contributed by atoms with Crippen LogP contribution in [0.5, 0.6) is 0 Å². The van der Waals surface area contributed by atoms with E-state index in [1.807, 2.05) is 33.8 Å². The normalized spacial score (nSPS) is 9.18. The summed E-state index contributed by atoms with van der Waals surface area (Å²) in [4.78, 5) is 0. The quantitative estimate of drug-likeness (QED) is 0.396. The third-order valence-corrected chi connectivity index (χ3v) is 0.885. The first-order chi connectivity index (χ1) is 5.31. The molecule has 0 unspecified atom stereocenters. The Bertz CT molecular complexity index is 113. The van der Waals surface area contributed by atoms with Crippen LogP contribution in [-0.2, 0) is 0 Å². The molecule has 0 aliphatic heterocycles. The Kier molecular flexibility index (Phi) is 34.6. The molecule has 0 aliphatic carbocycles. The maximum absolute atomic E-state index is 4.00. The molecule has 0 aliphatic rings. The van der Waals surface area contributed by atoms with Gasteiger partial charge in [-0.25, -0.2) is 0 Å². The maximum Gasteiger partial charge on any atom is -0.0401 e. The van der Waals surface area contributed by atoms with Gasteiger partial charge >= 0.3 is 0 Å². The fraction of sp³-hybridized carbons (Fsp3) is 0.455. The van der Waals surface area contributed by atoms with E-state index in [9.17, 15) is 0 Å². The molecular weight excluding hydrogens is 132 g/mol. The number of allylic oxidation sites excluding steroid dienone is 4. The topological polar surface area (TPSA) is 0 Å². The second-order valence-electron chi connectivity index (χ2n) is 1.53. The smallest absolute Gasteiger partial charge is 0.0401 e. The molecule has 0 heteroatoms. The van der Waals surface area contributed by atoms with Gasteiger partial charge in [0.1, 0.15) is 0 Å². The van der Waals surface area contributed by atoms with Crippen molar-refractivity contribution in [1.82, 2.24) is 0 Å². The summed E-state index contributed by atoms with van der Waals surface area (Å²) in [5, 5.41) is 0. The van der Waals surface area contributed by atoms with Crippen molar-refractivity contribution in [1.29, 1.82) is 0 Å². The number of rotatable bonds is 1. The fourth-order valence-corrected chi connectivity index (χ4v) is 0.359. The first-order valence-electron chi connectivity index (χ1n) is 3.90. The van der Waals surface area contributed by atoms with Gasteiger partial charge in [0.15, 0.2) is 0 Å². The van der Waals surface area contributed by atoms with Gasteiger partial charge in [0.25, 0.3) is 0 Å². The Balaban J connectivity index is -0.000000138. The summed E-state index contributed by atoms with van der Waals surface area (Å²) in [5.41, 5.74) is 1.32. The average Bonchev–Trinajstić information content (AvgIpc) is 2.12. The Morgan fingerprint density at radius 2 is 1.45 bits per heavy atom. The predicted molar refractivity (Wildman–Crippen MR) is 55.5 cm³/mol. The lowest BCUT2D eigenvalue weighted by atomic mass is 10.3. The van der Waals surface area contributed by atoms with Gasteiger partial charge in [-0.05, 0) is 20.8 Å². The monoisotopic (exact) mass is 152 g/mol. The standard InChI is InChI=1S/C7H12.C2H6.C2H2/c1-4-6-7(3)5-2;2*1-2/h4-6H,1-3H3;1-2H3;1-2H/b6-4-,7-5-;;. The Morgan fingerprint density at radius 3 is 1.55 bits per heavy atom. The molecule has 64 valence electrons. The Labute approximate surface area is 72.0 Å². The summed E-state index contributed by atoms with van der Waals surface area (Å²) >= 11 is 0. The summed E-state index contributed by atoms with van der Waals surface area (Å²) in [6.07, 6.45) is 14.2. The van der Waals surface area contributed by atoms with Crippen molar-refractivity contribution >= 4 is 0 Å². The van der Waals surface area contributed by atoms with Crippen molar-refractivity contribution in [2.75, 3.05) is 0 Å². The minimum Gasteiger partial charge on any atom is -0.124 e. The molecule has 0 saturated carbocycles. The largest absolute Gasteiger partial charge is 0.124 e. The second kappa shape index (κ2) is 23.0. The molecule has 11 heavy (non-hydrogen) atoms. The van der Waals surface area contributed by atoms with Gasteiger partial charge in [-0.2, -0.15) is 0 Å². The molecule has 0 fully saturated rings. The lowest BCUT2D eigenvalue weighted by molar-refractivity contribution is 1.46. The lowest BCUT2D eigenvalue weighted by Crippen LogP contribution is -1.60. The zero-order valence-electron chi connectivity index (χ0n) is 8.39. The van der Waals surface area contributed by atoms with E-state index in [0.717, 1.165) is 0 Å². The van der Waals surface area contributed by atoms with Crippen LogP contribution in [0.25, 0.3) is 0 Å². The number of hydrogen-bond acceptors (Lipinski definition) is 0. The van der Waals surface area contributed by atoms with E-state index in [1.165, 1.54) is 5.57 Å². The average molecular weight is 152 g/mol. The zero-order valence-corrected chi connectivity index (χ0v) is 8.39. The summed E-state index contributed by atoms with van der Waals surface area (Å²) in [6, 6.07) is 0. The fourth-order valence-electron chi connectivity index (χ4n) is 0.359. The molecule has 0 amide bonds. The van der Waals surface area contributed by atoms with Crippen molar-refractivity contribution in [3.05, 3.63) is 23.8 Å². The Hall–Kier alpha value is -0.960. The van der Waals surface area contributed by atoms with Gasteiger partial charge in [-0.1, -0.05) is 37.6 Å². The van der Waals surface area contributed by atoms with E-state index < -0.39 is 0 Å². The van der Waals surface area contributed by atoms with Gasteiger partial charge in [-0.3, -0.25) is 0 Å². The highest BCUT2D eigenvalue weighted by Gasteiger charge is 1.69. The molecule has 0 N–H and O–H groups in total. The van der Waals surface area contributed by atoms with Crippen LogP contribution in [0, 0.1) is 12.8 Å². The molecule has 0 nitrogen and oxygen atoms in total. The van der Waals surface area contributed by atoms with Gasteiger partial charge in [0.2, 0.25) is 0 Å². The van der Waals surface area contributed by atoms with E-state index in [0.29, 0.717) is 0 Å². The predicted octanol–water partition coefficient (Wildman–Crippen LogP) is 3.80. The lowest BCUT2D eigenvalue weighted by Gasteiger charge is -1.81. The van der Waals surface area contributed by atoms with Crippen LogP contribution < -0.4 is 0 Å². The molecule has 0 bridgehead atoms. The molecule has 0 aromatic rings. The SMILES string of the molecule is C#C.C/C=C\C(C)=C/C.CC. The van der Waals surface area contributed by atoms with Crippen molar-refractivity contribution in [2.24, 2.45) is 0 Å². The second-order valence-corrected chi connectivity index (χ2v) is 1.53. The van der Waals surface area contributed by atoms with Crippen molar-refractivity contribution in [2.45, 2.75) is 34.6 Å². The van der Waals surface area contributed by atoms with Crippen LogP contribution in [0.15, 0.2) is 23.8 Å². The van der Waals surface area contributed by atoms with E-state index in [1.54, 1.807) is 0 Å².